The molecule has 9 heteroatoms. The molecule has 3 aromatic rings. The number of halogens is 3. The van der Waals surface area contributed by atoms with Gasteiger partial charge in [-0.25, -0.2) is 4.98 Å². The zero-order valence-corrected chi connectivity index (χ0v) is 15.9. The molecule has 0 amide bonds. The predicted molar refractivity (Wildman–Crippen MR) is 98.1 cm³/mol. The first-order valence-corrected chi connectivity index (χ1v) is 9.55. The molecule has 2 unspecified atom stereocenters. The van der Waals surface area contributed by atoms with E-state index < -0.39 is 17.6 Å². The third kappa shape index (κ3) is 2.63. The molecule has 152 valence electrons. The fourth-order valence-corrected chi connectivity index (χ4v) is 4.31. The van der Waals surface area contributed by atoms with Crippen molar-refractivity contribution < 1.29 is 18.3 Å². The second kappa shape index (κ2) is 5.91. The molecule has 0 spiro atoms. The van der Waals surface area contributed by atoms with Crippen LogP contribution in [0.2, 0.25) is 0 Å². The highest BCUT2D eigenvalue weighted by molar-refractivity contribution is 5.53. The number of aliphatic hydroxyl groups is 1. The first-order chi connectivity index (χ1) is 13.7. The monoisotopic (exact) mass is 403 g/mol. The van der Waals surface area contributed by atoms with E-state index in [0.29, 0.717) is 24.0 Å². The summed E-state index contributed by atoms with van der Waals surface area (Å²) in [6, 6.07) is 9.88. The summed E-state index contributed by atoms with van der Waals surface area (Å²) in [4.78, 5) is 3.93. The van der Waals surface area contributed by atoms with Crippen molar-refractivity contribution in [1.82, 2.24) is 24.3 Å². The van der Waals surface area contributed by atoms with E-state index in [9.17, 15) is 18.3 Å². The van der Waals surface area contributed by atoms with Crippen LogP contribution in [0.3, 0.4) is 0 Å². The first-order valence-electron chi connectivity index (χ1n) is 9.55. The number of fused-ring (bicyclic) bond motifs is 3. The Balaban J connectivity index is 1.53. The van der Waals surface area contributed by atoms with Crippen LogP contribution in [-0.2, 0) is 12.1 Å². The molecule has 4 atom stereocenters. The van der Waals surface area contributed by atoms with Crippen LogP contribution in [0, 0.1) is 0 Å². The number of alkyl halides is 3. The summed E-state index contributed by atoms with van der Waals surface area (Å²) in [6.07, 6.45) is -2.51. The van der Waals surface area contributed by atoms with Crippen LogP contribution < -0.4 is 0 Å². The Hall–Kier alpha value is -2.68. The van der Waals surface area contributed by atoms with Crippen molar-refractivity contribution >= 4 is 0 Å². The highest BCUT2D eigenvalue weighted by Gasteiger charge is 2.55. The van der Waals surface area contributed by atoms with Crippen LogP contribution in [0.25, 0.3) is 11.5 Å². The third-order valence-electron chi connectivity index (χ3n) is 6.03. The van der Waals surface area contributed by atoms with Gasteiger partial charge in [0.05, 0.1) is 12.2 Å². The van der Waals surface area contributed by atoms with Crippen molar-refractivity contribution in [2.24, 2.45) is 0 Å². The van der Waals surface area contributed by atoms with Crippen molar-refractivity contribution in [3.8, 4) is 11.5 Å². The van der Waals surface area contributed by atoms with Gasteiger partial charge in [-0.1, -0.05) is 30.3 Å². The van der Waals surface area contributed by atoms with E-state index in [2.05, 4.69) is 27.3 Å². The summed E-state index contributed by atoms with van der Waals surface area (Å²) < 4.78 is 43.5. The first kappa shape index (κ1) is 18.4. The van der Waals surface area contributed by atoms with Gasteiger partial charge < -0.3 is 14.2 Å². The second-order valence-electron chi connectivity index (χ2n) is 8.11. The number of benzene rings is 1. The molecule has 1 aliphatic heterocycles. The van der Waals surface area contributed by atoms with Gasteiger partial charge in [0.1, 0.15) is 11.5 Å². The number of imidazole rings is 1. The minimum Gasteiger partial charge on any atom is -0.374 e. The summed E-state index contributed by atoms with van der Waals surface area (Å²) >= 11 is 0. The molecule has 1 fully saturated rings. The van der Waals surface area contributed by atoms with E-state index in [0.717, 1.165) is 19.2 Å². The predicted octanol–water partition coefficient (Wildman–Crippen LogP) is 3.76. The second-order valence-corrected chi connectivity index (χ2v) is 8.11. The van der Waals surface area contributed by atoms with Gasteiger partial charge in [0.2, 0.25) is 5.60 Å². The zero-order valence-electron chi connectivity index (χ0n) is 15.9. The summed E-state index contributed by atoms with van der Waals surface area (Å²) in [5, 5.41) is 18.8. The number of rotatable bonds is 3. The highest BCUT2D eigenvalue weighted by Crippen LogP contribution is 2.55. The topological polar surface area (TPSA) is 68.8 Å². The molecule has 6 nitrogen and oxygen atoms in total. The lowest BCUT2D eigenvalue weighted by molar-refractivity contribution is -0.262. The van der Waals surface area contributed by atoms with E-state index >= 15 is 0 Å². The fourth-order valence-electron chi connectivity index (χ4n) is 4.31. The summed E-state index contributed by atoms with van der Waals surface area (Å²) in [5.74, 6) is 1.56. The normalized spacial score (nSPS) is 25.2. The number of nitrogens with zero attached hydrogens (tertiary/aromatic N) is 5. The minimum absolute atomic E-state index is 0.248. The molecular weight excluding hydrogens is 383 g/mol. The maximum atomic E-state index is 13.4. The van der Waals surface area contributed by atoms with Crippen LogP contribution in [0.4, 0.5) is 13.2 Å². The Kier molecular flexibility index (Phi) is 3.74. The Morgan fingerprint density at radius 1 is 1.10 bits per heavy atom. The van der Waals surface area contributed by atoms with Gasteiger partial charge in [0.15, 0.2) is 11.6 Å². The Morgan fingerprint density at radius 2 is 1.83 bits per heavy atom. The Morgan fingerprint density at radius 3 is 2.52 bits per heavy atom. The lowest BCUT2D eigenvalue weighted by Crippen LogP contribution is -2.42. The molecule has 3 heterocycles. The fraction of sp³-hybridized carbons (Fsp3) is 0.450. The average Bonchev–Trinajstić information content (AvgIpc) is 3.13. The molecule has 5 rings (SSSR count). The van der Waals surface area contributed by atoms with Gasteiger partial charge >= 0.3 is 6.18 Å². The van der Waals surface area contributed by atoms with Crippen molar-refractivity contribution in [3.05, 3.63) is 53.7 Å². The molecule has 2 aromatic heterocycles. The van der Waals surface area contributed by atoms with Crippen LogP contribution >= 0.6 is 0 Å². The SMILES string of the molecule is C[C@H]1Cn2c(nnc2C2CC2c2ccccc2)-c2cnc([C@@](C)(O)C(F)(F)F)n21. The molecule has 2 aliphatic rings. The minimum atomic E-state index is -4.83. The standard InChI is InChI=1S/C20H20F3N5O/c1-11-10-27-16(14-8-13(14)12-6-4-3-5-7-12)25-26-17(27)15-9-24-18(28(11)15)19(2,29)20(21,22)23/h3-7,9,11,13-14,29H,8,10H2,1-2H3/t11-,13?,14?,19+/m0/s1. The van der Waals surface area contributed by atoms with E-state index in [4.69, 9.17) is 0 Å². The molecule has 0 radical (unpaired) electrons. The van der Waals surface area contributed by atoms with Crippen molar-refractivity contribution in [3.63, 3.8) is 0 Å². The molecular formula is C20H20F3N5O. The van der Waals surface area contributed by atoms with E-state index in [1.165, 1.54) is 16.3 Å². The lowest BCUT2D eigenvalue weighted by atomic mass is 10.0. The van der Waals surface area contributed by atoms with Gasteiger partial charge in [-0.05, 0) is 31.7 Å². The quantitative estimate of drug-likeness (QED) is 0.723. The van der Waals surface area contributed by atoms with Gasteiger partial charge in [-0.2, -0.15) is 13.2 Å². The number of hydrogen-bond acceptors (Lipinski definition) is 4. The molecule has 29 heavy (non-hydrogen) atoms. The molecule has 1 aromatic carbocycles. The van der Waals surface area contributed by atoms with E-state index in [-0.39, 0.29) is 12.0 Å². The Labute approximate surface area is 165 Å². The molecule has 0 bridgehead atoms. The van der Waals surface area contributed by atoms with Crippen molar-refractivity contribution in [2.75, 3.05) is 0 Å². The van der Waals surface area contributed by atoms with Crippen LogP contribution in [0.15, 0.2) is 36.5 Å². The van der Waals surface area contributed by atoms with E-state index in [1.807, 2.05) is 29.7 Å². The number of aromatic nitrogens is 5. The van der Waals surface area contributed by atoms with Crippen molar-refractivity contribution in [1.29, 1.82) is 0 Å². The van der Waals surface area contributed by atoms with Gasteiger partial charge in [0.25, 0.3) is 0 Å². The van der Waals surface area contributed by atoms with Crippen LogP contribution in [0.1, 0.15) is 55.4 Å². The van der Waals surface area contributed by atoms with Crippen molar-refractivity contribution in [2.45, 2.75) is 56.5 Å². The largest absolute Gasteiger partial charge is 0.424 e. The Bertz CT molecular complexity index is 1070. The maximum Gasteiger partial charge on any atom is 0.424 e. The average molecular weight is 403 g/mol. The lowest BCUT2D eigenvalue weighted by Gasteiger charge is -2.31. The van der Waals surface area contributed by atoms with E-state index in [1.54, 1.807) is 0 Å². The van der Waals surface area contributed by atoms with Gasteiger partial charge in [-0.3, -0.25) is 0 Å². The molecule has 1 saturated carbocycles. The molecule has 1 aliphatic carbocycles. The van der Waals surface area contributed by atoms with Gasteiger partial charge in [0, 0.05) is 12.5 Å². The third-order valence-corrected chi connectivity index (χ3v) is 6.03. The van der Waals surface area contributed by atoms with Crippen LogP contribution in [-0.4, -0.2) is 35.6 Å². The highest BCUT2D eigenvalue weighted by atomic mass is 19.4. The number of hydrogen-bond donors (Lipinski definition) is 1. The maximum absolute atomic E-state index is 13.4. The summed E-state index contributed by atoms with van der Waals surface area (Å²) in [5.41, 5.74) is -1.34. The van der Waals surface area contributed by atoms with Gasteiger partial charge in [-0.15, -0.1) is 10.2 Å². The molecule has 1 N–H and O–H groups in total. The summed E-state index contributed by atoms with van der Waals surface area (Å²) in [6.45, 7) is 2.98. The smallest absolute Gasteiger partial charge is 0.374 e. The molecule has 0 saturated heterocycles. The summed E-state index contributed by atoms with van der Waals surface area (Å²) in [7, 11) is 0. The van der Waals surface area contributed by atoms with Crippen LogP contribution in [0.5, 0.6) is 0 Å². The zero-order chi connectivity index (χ0) is 20.6.